The molecule has 4 heterocycles. The first-order valence-corrected chi connectivity index (χ1v) is 18.6. The molecule has 12 rings (SSSR count). The number of hydrogen-bond donors (Lipinski definition) is 0. The monoisotopic (exact) mass is 702 g/mol. The summed E-state index contributed by atoms with van der Waals surface area (Å²) in [6, 6.07) is 64.1. The topological polar surface area (TPSA) is 48.8 Å². The molecule has 0 N–H and O–H groups in total. The van der Waals surface area contributed by atoms with E-state index in [9.17, 15) is 0 Å². The number of para-hydroxylation sites is 4. The van der Waals surface area contributed by atoms with Crippen molar-refractivity contribution in [1.82, 2.24) is 19.1 Å². The molecular weight excluding hydrogens is 673 g/mol. The van der Waals surface area contributed by atoms with Crippen molar-refractivity contribution in [2.45, 2.75) is 0 Å². The quantitative estimate of drug-likeness (QED) is 0.183. The van der Waals surface area contributed by atoms with Gasteiger partial charge in [0, 0.05) is 60.2 Å². The van der Waals surface area contributed by atoms with E-state index in [0.29, 0.717) is 5.82 Å². The van der Waals surface area contributed by atoms with Crippen LogP contribution < -0.4 is 0 Å². The first kappa shape index (κ1) is 30.0. The first-order valence-electron chi connectivity index (χ1n) is 18.6. The largest absolute Gasteiger partial charge is 0.454 e. The fourth-order valence-corrected chi connectivity index (χ4v) is 8.69. The fourth-order valence-electron chi connectivity index (χ4n) is 8.69. The van der Waals surface area contributed by atoms with E-state index in [0.717, 1.165) is 88.5 Å². The Morgan fingerprint density at radius 3 is 1.75 bits per heavy atom. The Balaban J connectivity index is 1.14. The van der Waals surface area contributed by atoms with E-state index < -0.39 is 0 Å². The fraction of sp³-hybridized carbons (Fsp3) is 0. The van der Waals surface area contributed by atoms with Crippen LogP contribution in [0.4, 0.5) is 0 Å². The SMILES string of the molecule is c1ccc(-c2nc(-c3ccc(-n4c5ccccc5c5ccc6c7ccc8c9ccccc9oc8c7n(-c7ccccc7)c6c54)cc3)nc3ccccc23)cc1. The summed E-state index contributed by atoms with van der Waals surface area (Å²) in [4.78, 5) is 10.2. The summed E-state index contributed by atoms with van der Waals surface area (Å²) >= 11 is 0. The minimum Gasteiger partial charge on any atom is -0.454 e. The molecule has 0 aliphatic heterocycles. The Morgan fingerprint density at radius 2 is 0.945 bits per heavy atom. The Morgan fingerprint density at radius 1 is 0.364 bits per heavy atom. The lowest BCUT2D eigenvalue weighted by Gasteiger charge is -2.13. The Hall–Kier alpha value is -7.50. The molecule has 12 aromatic rings. The molecule has 5 nitrogen and oxygen atoms in total. The summed E-state index contributed by atoms with van der Waals surface area (Å²) in [5.41, 5.74) is 12.3. The van der Waals surface area contributed by atoms with Crippen molar-refractivity contribution in [3.8, 4) is 34.0 Å². The van der Waals surface area contributed by atoms with Crippen molar-refractivity contribution in [3.05, 3.63) is 182 Å². The molecule has 4 aromatic heterocycles. The van der Waals surface area contributed by atoms with E-state index in [-0.39, 0.29) is 0 Å². The van der Waals surface area contributed by atoms with Gasteiger partial charge in [-0.05, 0) is 60.7 Å². The molecule has 0 saturated heterocycles. The predicted molar refractivity (Wildman–Crippen MR) is 226 cm³/mol. The van der Waals surface area contributed by atoms with Gasteiger partial charge in [0.25, 0.3) is 0 Å². The van der Waals surface area contributed by atoms with Gasteiger partial charge < -0.3 is 13.6 Å². The van der Waals surface area contributed by atoms with Crippen LogP contribution in [0.15, 0.2) is 186 Å². The second-order valence-electron chi connectivity index (χ2n) is 14.1. The average Bonchev–Trinajstić information content (AvgIpc) is 3.92. The highest BCUT2D eigenvalue weighted by Crippen LogP contribution is 2.45. The van der Waals surface area contributed by atoms with Gasteiger partial charge in [-0.2, -0.15) is 0 Å². The third kappa shape index (κ3) is 4.35. The molecule has 55 heavy (non-hydrogen) atoms. The number of hydrogen-bond acceptors (Lipinski definition) is 3. The van der Waals surface area contributed by atoms with Gasteiger partial charge in [0.05, 0.1) is 33.3 Å². The molecule has 8 aromatic carbocycles. The van der Waals surface area contributed by atoms with Gasteiger partial charge in [0.15, 0.2) is 11.4 Å². The molecule has 256 valence electrons. The minimum atomic E-state index is 0.702. The molecular formula is C50H30N4O. The molecule has 0 aliphatic rings. The third-order valence-electron chi connectivity index (χ3n) is 11.1. The highest BCUT2D eigenvalue weighted by molar-refractivity contribution is 6.27. The van der Waals surface area contributed by atoms with E-state index in [1.54, 1.807) is 0 Å². The van der Waals surface area contributed by atoms with Crippen molar-refractivity contribution in [3.63, 3.8) is 0 Å². The van der Waals surface area contributed by atoms with Crippen LogP contribution in [0.1, 0.15) is 0 Å². The Bertz CT molecular complexity index is 3470. The lowest BCUT2D eigenvalue weighted by molar-refractivity contribution is 0.671. The van der Waals surface area contributed by atoms with Crippen LogP contribution in [0.2, 0.25) is 0 Å². The van der Waals surface area contributed by atoms with E-state index in [1.807, 2.05) is 24.3 Å². The van der Waals surface area contributed by atoms with Crippen molar-refractivity contribution < 1.29 is 4.42 Å². The summed E-state index contributed by atoms with van der Waals surface area (Å²) in [7, 11) is 0. The van der Waals surface area contributed by atoms with Crippen LogP contribution in [-0.4, -0.2) is 19.1 Å². The zero-order valence-corrected chi connectivity index (χ0v) is 29.5. The number of aromatic nitrogens is 4. The minimum absolute atomic E-state index is 0.702. The van der Waals surface area contributed by atoms with Crippen molar-refractivity contribution >= 4 is 76.5 Å². The zero-order valence-electron chi connectivity index (χ0n) is 29.5. The van der Waals surface area contributed by atoms with Crippen molar-refractivity contribution in [2.75, 3.05) is 0 Å². The first-order chi connectivity index (χ1) is 27.3. The number of rotatable bonds is 4. The molecule has 0 atom stereocenters. The predicted octanol–water partition coefficient (Wildman–Crippen LogP) is 13.1. The highest BCUT2D eigenvalue weighted by Gasteiger charge is 2.24. The summed E-state index contributed by atoms with van der Waals surface area (Å²) in [5.74, 6) is 0.702. The molecule has 0 amide bonds. The van der Waals surface area contributed by atoms with Crippen LogP contribution in [0, 0.1) is 0 Å². The normalized spacial score (nSPS) is 12.0. The van der Waals surface area contributed by atoms with E-state index in [2.05, 4.69) is 167 Å². The lowest BCUT2D eigenvalue weighted by atomic mass is 10.1. The van der Waals surface area contributed by atoms with Gasteiger partial charge in [-0.25, -0.2) is 9.97 Å². The molecule has 5 heteroatoms. The second-order valence-corrected chi connectivity index (χ2v) is 14.1. The van der Waals surface area contributed by atoms with Gasteiger partial charge >= 0.3 is 0 Å². The standard InChI is InChI=1S/C50H30N4O/c1-3-13-31(14-4-1)45-41-19-7-10-20-42(41)51-50(52-45)32-23-25-34(26-24-32)53-43-21-11-8-17-35(43)37-27-28-38-39-29-30-40-36-18-9-12-22-44(36)55-49(40)48(39)54(47(38)46(37)53)33-15-5-2-6-16-33/h1-30H. The zero-order chi connectivity index (χ0) is 36.0. The van der Waals surface area contributed by atoms with Gasteiger partial charge in [0.1, 0.15) is 5.58 Å². The third-order valence-corrected chi connectivity index (χ3v) is 11.1. The summed E-state index contributed by atoms with van der Waals surface area (Å²) in [5, 5.41) is 7.99. The van der Waals surface area contributed by atoms with Gasteiger partial charge in [0.2, 0.25) is 0 Å². The maximum absolute atomic E-state index is 6.72. The van der Waals surface area contributed by atoms with Crippen molar-refractivity contribution in [2.24, 2.45) is 0 Å². The Labute approximate surface area is 315 Å². The van der Waals surface area contributed by atoms with Crippen molar-refractivity contribution in [1.29, 1.82) is 0 Å². The smallest absolute Gasteiger partial charge is 0.160 e. The molecule has 0 bridgehead atoms. The number of furan rings is 1. The van der Waals surface area contributed by atoms with Gasteiger partial charge in [-0.3, -0.25) is 0 Å². The summed E-state index contributed by atoms with van der Waals surface area (Å²) in [6.07, 6.45) is 0. The molecule has 0 spiro atoms. The van der Waals surface area contributed by atoms with Crippen LogP contribution in [0.25, 0.3) is 110 Å². The van der Waals surface area contributed by atoms with Gasteiger partial charge in [-0.15, -0.1) is 0 Å². The second kappa shape index (κ2) is 11.5. The molecule has 0 unspecified atom stereocenters. The van der Waals surface area contributed by atoms with Gasteiger partial charge in [-0.1, -0.05) is 121 Å². The maximum Gasteiger partial charge on any atom is 0.160 e. The Kier molecular flexibility index (Phi) is 6.27. The van der Waals surface area contributed by atoms with Crippen LogP contribution >= 0.6 is 0 Å². The van der Waals surface area contributed by atoms with E-state index in [1.165, 1.54) is 16.2 Å². The summed E-state index contributed by atoms with van der Waals surface area (Å²) < 4.78 is 11.6. The molecule has 0 fully saturated rings. The average molecular weight is 703 g/mol. The van der Waals surface area contributed by atoms with Crippen LogP contribution in [-0.2, 0) is 0 Å². The highest BCUT2D eigenvalue weighted by atomic mass is 16.3. The van der Waals surface area contributed by atoms with E-state index >= 15 is 0 Å². The molecule has 0 aliphatic carbocycles. The maximum atomic E-state index is 6.72. The summed E-state index contributed by atoms with van der Waals surface area (Å²) in [6.45, 7) is 0. The molecule has 0 radical (unpaired) electrons. The van der Waals surface area contributed by atoms with Crippen LogP contribution in [0.5, 0.6) is 0 Å². The molecule has 0 saturated carbocycles. The lowest BCUT2D eigenvalue weighted by Crippen LogP contribution is -1.99. The number of benzene rings is 8. The number of fused-ring (bicyclic) bond motifs is 12. The van der Waals surface area contributed by atoms with Crippen LogP contribution in [0.3, 0.4) is 0 Å². The van der Waals surface area contributed by atoms with E-state index in [4.69, 9.17) is 14.4 Å². The number of nitrogens with zero attached hydrogens (tertiary/aromatic N) is 4.